The van der Waals surface area contributed by atoms with Gasteiger partial charge in [0, 0.05) is 18.8 Å². The Morgan fingerprint density at radius 1 is 0.595 bits per heavy atom. The molecule has 1 aromatic carbocycles. The van der Waals surface area contributed by atoms with Crippen molar-refractivity contribution in [2.75, 3.05) is 18.0 Å². The van der Waals surface area contributed by atoms with E-state index in [2.05, 4.69) is 41.5 Å². The molecule has 1 fully saturated rings. The predicted molar refractivity (Wildman–Crippen MR) is 154 cm³/mol. The second kappa shape index (κ2) is 18.6. The number of carbonyl (C=O) groups excluding carboxylic acids is 3. The fraction of sp³-hybridized carbons (Fsp3) is 0.645. The van der Waals surface area contributed by atoms with Crippen LogP contribution in [-0.2, 0) is 9.59 Å². The first-order valence-electron chi connectivity index (χ1n) is 14.8. The molecule has 1 saturated heterocycles. The summed E-state index contributed by atoms with van der Waals surface area (Å²) >= 11 is 0. The molecular weight excluding hydrogens is 462 g/mol. The van der Waals surface area contributed by atoms with E-state index in [9.17, 15) is 14.4 Å². The maximum Gasteiger partial charge on any atom is 0.328 e. The molecule has 2 N–H and O–H groups in total. The smallest absolute Gasteiger partial charge is 0.328 e. The van der Waals surface area contributed by atoms with Gasteiger partial charge in [0.1, 0.15) is 5.57 Å². The Labute approximate surface area is 224 Å². The summed E-state index contributed by atoms with van der Waals surface area (Å²) in [5, 5.41) is 4.24. The molecule has 0 unspecified atom stereocenters. The van der Waals surface area contributed by atoms with Crippen molar-refractivity contribution in [1.29, 1.82) is 0 Å². The van der Waals surface area contributed by atoms with Crippen molar-refractivity contribution in [3.63, 3.8) is 0 Å². The van der Waals surface area contributed by atoms with E-state index < -0.39 is 17.8 Å². The summed E-state index contributed by atoms with van der Waals surface area (Å²) in [6.45, 7) is 6.63. The molecular formula is C31H49N3O3. The van der Waals surface area contributed by atoms with Gasteiger partial charge in [-0.1, -0.05) is 116 Å². The molecule has 0 bridgehead atoms. The molecule has 0 radical (unpaired) electrons. The van der Waals surface area contributed by atoms with Crippen LogP contribution in [0.2, 0.25) is 0 Å². The van der Waals surface area contributed by atoms with Crippen LogP contribution in [0.5, 0.6) is 0 Å². The highest BCUT2D eigenvalue weighted by Crippen LogP contribution is 2.20. The molecule has 1 aliphatic heterocycles. The molecule has 0 aliphatic carbocycles. The van der Waals surface area contributed by atoms with Crippen molar-refractivity contribution in [3.8, 4) is 0 Å². The van der Waals surface area contributed by atoms with Crippen molar-refractivity contribution < 1.29 is 14.4 Å². The van der Waals surface area contributed by atoms with Gasteiger partial charge >= 0.3 is 6.03 Å². The zero-order valence-corrected chi connectivity index (χ0v) is 23.3. The molecule has 0 atom stereocenters. The fourth-order valence-electron chi connectivity index (χ4n) is 4.80. The first-order chi connectivity index (χ1) is 18.0. The van der Waals surface area contributed by atoms with E-state index in [0.717, 1.165) is 18.7 Å². The van der Waals surface area contributed by atoms with E-state index >= 15 is 0 Å². The number of carbonyl (C=O) groups is 3. The van der Waals surface area contributed by atoms with Gasteiger partial charge < -0.3 is 4.90 Å². The lowest BCUT2D eigenvalue weighted by Gasteiger charge is -2.25. The van der Waals surface area contributed by atoms with Crippen molar-refractivity contribution in [3.05, 3.63) is 35.4 Å². The lowest BCUT2D eigenvalue weighted by molar-refractivity contribution is -0.123. The van der Waals surface area contributed by atoms with E-state index in [-0.39, 0.29) is 5.57 Å². The van der Waals surface area contributed by atoms with E-state index in [1.54, 1.807) is 0 Å². The summed E-state index contributed by atoms with van der Waals surface area (Å²) in [5.41, 5.74) is 1.89. The van der Waals surface area contributed by atoms with Crippen LogP contribution in [0.1, 0.15) is 122 Å². The molecule has 0 spiro atoms. The average Bonchev–Trinajstić information content (AvgIpc) is 2.88. The second-order valence-corrected chi connectivity index (χ2v) is 10.3. The van der Waals surface area contributed by atoms with Gasteiger partial charge in [0.25, 0.3) is 11.8 Å². The third-order valence-electron chi connectivity index (χ3n) is 7.08. The summed E-state index contributed by atoms with van der Waals surface area (Å²) in [4.78, 5) is 37.8. The number of nitrogens with zero attached hydrogens (tertiary/aromatic N) is 1. The normalized spacial score (nSPS) is 13.5. The molecule has 6 nitrogen and oxygen atoms in total. The highest BCUT2D eigenvalue weighted by atomic mass is 16.2. The van der Waals surface area contributed by atoms with Crippen LogP contribution in [0.15, 0.2) is 29.8 Å². The topological polar surface area (TPSA) is 78.5 Å². The number of urea groups is 1. The van der Waals surface area contributed by atoms with Gasteiger partial charge in [-0.25, -0.2) is 4.79 Å². The number of amides is 4. The van der Waals surface area contributed by atoms with E-state index in [0.29, 0.717) is 0 Å². The van der Waals surface area contributed by atoms with Gasteiger partial charge in [-0.2, -0.15) is 0 Å². The van der Waals surface area contributed by atoms with Crippen molar-refractivity contribution in [2.24, 2.45) is 0 Å². The van der Waals surface area contributed by atoms with Crippen LogP contribution in [0.3, 0.4) is 0 Å². The largest absolute Gasteiger partial charge is 0.372 e. The minimum Gasteiger partial charge on any atom is -0.372 e. The van der Waals surface area contributed by atoms with Crippen LogP contribution >= 0.6 is 0 Å². The highest BCUT2D eigenvalue weighted by molar-refractivity contribution is 6.31. The molecule has 2 rings (SSSR count). The predicted octanol–water partition coefficient (Wildman–Crippen LogP) is 7.52. The zero-order valence-electron chi connectivity index (χ0n) is 23.3. The number of unbranched alkanes of at least 4 members (excludes halogenated alkanes) is 14. The molecule has 0 saturated carbocycles. The van der Waals surface area contributed by atoms with Crippen LogP contribution < -0.4 is 15.5 Å². The number of benzene rings is 1. The number of barbiturate groups is 1. The molecule has 1 heterocycles. The molecule has 1 aliphatic rings. The number of hydrogen-bond donors (Lipinski definition) is 2. The number of anilines is 1. The average molecular weight is 512 g/mol. The van der Waals surface area contributed by atoms with E-state index in [4.69, 9.17) is 0 Å². The number of nitrogens with one attached hydrogen (secondary N) is 2. The maximum atomic E-state index is 12.0. The molecule has 6 heteroatoms. The Balaban J connectivity index is 1.89. The fourth-order valence-corrected chi connectivity index (χ4v) is 4.80. The summed E-state index contributed by atoms with van der Waals surface area (Å²) in [5.74, 6) is -1.33. The molecule has 4 amide bonds. The summed E-state index contributed by atoms with van der Waals surface area (Å²) in [6.07, 6.45) is 22.5. The molecule has 1 aromatic rings. The minimum atomic E-state index is -0.778. The number of hydrogen-bond acceptors (Lipinski definition) is 4. The first kappa shape index (κ1) is 30.6. The van der Waals surface area contributed by atoms with Gasteiger partial charge in [0.2, 0.25) is 0 Å². The van der Waals surface area contributed by atoms with Gasteiger partial charge in [-0.15, -0.1) is 0 Å². The van der Waals surface area contributed by atoms with Crippen molar-refractivity contribution in [1.82, 2.24) is 10.6 Å². The van der Waals surface area contributed by atoms with Gasteiger partial charge in [-0.3, -0.25) is 20.2 Å². The standard InChI is InChI=1S/C31H49N3O3/c1-3-5-7-9-11-13-15-17-23-34(24-18-16-14-12-10-8-6-4-2)27-21-19-26(20-22-27)25-28-29(35)32-31(37)33-30(28)36/h19-22,25H,3-18,23-24H2,1-2H3,(H2,32,33,35,36,37). The highest BCUT2D eigenvalue weighted by Gasteiger charge is 2.27. The maximum absolute atomic E-state index is 12.0. The Morgan fingerprint density at radius 3 is 1.43 bits per heavy atom. The van der Waals surface area contributed by atoms with Crippen LogP contribution in [-0.4, -0.2) is 30.9 Å². The van der Waals surface area contributed by atoms with Gasteiger partial charge in [0.15, 0.2) is 0 Å². The zero-order chi connectivity index (χ0) is 26.7. The monoisotopic (exact) mass is 511 g/mol. The van der Waals surface area contributed by atoms with Crippen molar-refractivity contribution in [2.45, 2.75) is 117 Å². The lowest BCUT2D eigenvalue weighted by atomic mass is 10.1. The molecule has 0 aromatic heterocycles. The molecule has 206 valence electrons. The third-order valence-corrected chi connectivity index (χ3v) is 7.08. The quantitative estimate of drug-likeness (QED) is 0.108. The Bertz CT molecular complexity index is 806. The SMILES string of the molecule is CCCCCCCCCCN(CCCCCCCCCC)c1ccc(C=C2C(=O)NC(=O)NC2=O)cc1. The Morgan fingerprint density at radius 2 is 1.00 bits per heavy atom. The number of rotatable bonds is 20. The van der Waals surface area contributed by atoms with Crippen molar-refractivity contribution >= 4 is 29.6 Å². The Hall–Kier alpha value is -2.63. The van der Waals surface area contributed by atoms with E-state index in [1.165, 1.54) is 114 Å². The van der Waals surface area contributed by atoms with Gasteiger partial charge in [-0.05, 0) is 36.6 Å². The lowest BCUT2D eigenvalue weighted by Crippen LogP contribution is -2.51. The first-order valence-corrected chi connectivity index (χ1v) is 14.8. The Kier molecular flexibility index (Phi) is 15.4. The minimum absolute atomic E-state index is 0.0536. The summed E-state index contributed by atoms with van der Waals surface area (Å²) in [7, 11) is 0. The summed E-state index contributed by atoms with van der Waals surface area (Å²) < 4.78 is 0. The third kappa shape index (κ3) is 12.4. The second-order valence-electron chi connectivity index (χ2n) is 10.3. The van der Waals surface area contributed by atoms with Crippen LogP contribution in [0, 0.1) is 0 Å². The van der Waals surface area contributed by atoms with E-state index in [1.807, 2.05) is 12.1 Å². The molecule has 37 heavy (non-hydrogen) atoms. The van der Waals surface area contributed by atoms with Crippen LogP contribution in [0.25, 0.3) is 6.08 Å². The number of imide groups is 2. The van der Waals surface area contributed by atoms with Crippen LogP contribution in [0.4, 0.5) is 10.5 Å². The summed E-state index contributed by atoms with van der Waals surface area (Å²) in [6, 6.07) is 7.25. The van der Waals surface area contributed by atoms with Gasteiger partial charge in [0.05, 0.1) is 0 Å².